The van der Waals surface area contributed by atoms with E-state index in [4.69, 9.17) is 5.14 Å². The van der Waals surface area contributed by atoms with E-state index in [0.717, 1.165) is 16.7 Å². The minimum Gasteiger partial charge on any atom is -0.331 e. The van der Waals surface area contributed by atoms with Crippen LogP contribution in [0.25, 0.3) is 0 Å². The lowest BCUT2D eigenvalue weighted by Crippen LogP contribution is -2.38. The van der Waals surface area contributed by atoms with E-state index in [0.29, 0.717) is 6.54 Å². The molecule has 1 unspecified atom stereocenters. The van der Waals surface area contributed by atoms with Gasteiger partial charge in [0, 0.05) is 13.6 Å². The molecule has 0 radical (unpaired) electrons. The third-order valence-electron chi connectivity index (χ3n) is 4.30. The lowest BCUT2D eigenvalue weighted by Gasteiger charge is -2.22. The summed E-state index contributed by atoms with van der Waals surface area (Å²) >= 11 is 0. The summed E-state index contributed by atoms with van der Waals surface area (Å²) < 4.78 is 22.6. The Morgan fingerprint density at radius 1 is 1.15 bits per heavy atom. The van der Waals surface area contributed by atoms with Crippen LogP contribution in [0.2, 0.25) is 0 Å². The quantitative estimate of drug-likeness (QED) is 0.841. The van der Waals surface area contributed by atoms with E-state index in [9.17, 15) is 13.2 Å². The van der Waals surface area contributed by atoms with Gasteiger partial charge in [0.25, 0.3) is 0 Å². The molecule has 140 valence electrons. The Balaban J connectivity index is 2.01. The van der Waals surface area contributed by atoms with E-state index in [-0.39, 0.29) is 17.0 Å². The zero-order valence-electron chi connectivity index (χ0n) is 15.5. The van der Waals surface area contributed by atoms with Gasteiger partial charge < -0.3 is 10.2 Å². The molecule has 0 aromatic heterocycles. The number of amides is 2. The summed E-state index contributed by atoms with van der Waals surface area (Å²) in [6.07, 6.45) is 0. The monoisotopic (exact) mass is 375 g/mol. The number of sulfonamides is 1. The van der Waals surface area contributed by atoms with E-state index in [2.05, 4.69) is 11.4 Å². The van der Waals surface area contributed by atoms with Gasteiger partial charge in [-0.05, 0) is 49.6 Å². The highest BCUT2D eigenvalue weighted by Crippen LogP contribution is 2.17. The van der Waals surface area contributed by atoms with Gasteiger partial charge in [0.05, 0.1) is 10.9 Å². The number of carbonyl (C=O) groups excluding carboxylic acids is 1. The molecule has 0 aliphatic heterocycles. The van der Waals surface area contributed by atoms with Crippen LogP contribution in [-0.4, -0.2) is 26.4 Å². The molecule has 7 heteroatoms. The van der Waals surface area contributed by atoms with Crippen LogP contribution < -0.4 is 10.5 Å². The van der Waals surface area contributed by atoms with Crippen molar-refractivity contribution in [3.05, 3.63) is 64.7 Å². The van der Waals surface area contributed by atoms with Crippen molar-refractivity contribution in [1.29, 1.82) is 0 Å². The molecule has 2 rings (SSSR count). The van der Waals surface area contributed by atoms with Crippen LogP contribution in [0.3, 0.4) is 0 Å². The Morgan fingerprint density at radius 2 is 1.77 bits per heavy atom. The maximum atomic E-state index is 12.4. The molecule has 0 saturated heterocycles. The number of primary sulfonamides is 1. The molecule has 2 amide bonds. The van der Waals surface area contributed by atoms with Crippen LogP contribution in [0, 0.1) is 13.8 Å². The summed E-state index contributed by atoms with van der Waals surface area (Å²) in [6.45, 7) is 6.42. The Morgan fingerprint density at radius 3 is 2.31 bits per heavy atom. The van der Waals surface area contributed by atoms with Crippen LogP contribution >= 0.6 is 0 Å². The van der Waals surface area contributed by atoms with E-state index in [1.807, 2.05) is 32.9 Å². The van der Waals surface area contributed by atoms with Crippen LogP contribution in [-0.2, 0) is 16.6 Å². The van der Waals surface area contributed by atoms with Crippen LogP contribution in [0.15, 0.2) is 47.4 Å². The topological polar surface area (TPSA) is 92.5 Å². The first-order chi connectivity index (χ1) is 12.1. The SMILES string of the molecule is Cc1ccc(CN(C)C(=O)NC(C)c2ccc(S(N)(=O)=O)cc2)c(C)c1. The Hall–Kier alpha value is -2.38. The van der Waals surface area contributed by atoms with Crippen LogP contribution in [0.4, 0.5) is 4.79 Å². The van der Waals surface area contributed by atoms with Gasteiger partial charge in [-0.25, -0.2) is 18.4 Å². The van der Waals surface area contributed by atoms with Crippen molar-refractivity contribution in [2.24, 2.45) is 5.14 Å². The average Bonchev–Trinajstić information content (AvgIpc) is 2.56. The minimum atomic E-state index is -3.72. The van der Waals surface area contributed by atoms with Gasteiger partial charge in [0.15, 0.2) is 0 Å². The number of benzene rings is 2. The Kier molecular flexibility index (Phi) is 6.05. The molecule has 0 bridgehead atoms. The summed E-state index contributed by atoms with van der Waals surface area (Å²) in [7, 11) is -1.98. The highest BCUT2D eigenvalue weighted by Gasteiger charge is 2.15. The molecule has 2 aromatic rings. The summed E-state index contributed by atoms with van der Waals surface area (Å²) in [6, 6.07) is 11.9. The molecule has 0 aliphatic carbocycles. The summed E-state index contributed by atoms with van der Waals surface area (Å²) in [5.41, 5.74) is 4.23. The molecule has 2 aromatic carbocycles. The maximum absolute atomic E-state index is 12.4. The fourth-order valence-corrected chi connectivity index (χ4v) is 3.19. The van der Waals surface area contributed by atoms with Crippen molar-refractivity contribution < 1.29 is 13.2 Å². The van der Waals surface area contributed by atoms with Gasteiger partial charge in [-0.15, -0.1) is 0 Å². The number of nitrogens with two attached hydrogens (primary N) is 1. The molecule has 0 fully saturated rings. The smallest absolute Gasteiger partial charge is 0.317 e. The van der Waals surface area contributed by atoms with Gasteiger partial charge in [-0.1, -0.05) is 35.9 Å². The predicted octanol–water partition coefficient (Wildman–Crippen LogP) is 2.85. The second-order valence-corrected chi connectivity index (χ2v) is 8.13. The maximum Gasteiger partial charge on any atom is 0.317 e. The van der Waals surface area contributed by atoms with Crippen molar-refractivity contribution in [1.82, 2.24) is 10.2 Å². The Bertz CT molecular complexity index is 893. The van der Waals surface area contributed by atoms with Crippen molar-refractivity contribution in [3.63, 3.8) is 0 Å². The van der Waals surface area contributed by atoms with Gasteiger partial charge in [0.2, 0.25) is 10.0 Å². The molecule has 0 heterocycles. The number of aryl methyl sites for hydroxylation is 2. The highest BCUT2D eigenvalue weighted by atomic mass is 32.2. The average molecular weight is 375 g/mol. The molecule has 1 atom stereocenters. The number of nitrogens with one attached hydrogen (secondary N) is 1. The third kappa shape index (κ3) is 5.06. The molecule has 0 aliphatic rings. The van der Waals surface area contributed by atoms with Gasteiger partial charge in [0.1, 0.15) is 0 Å². The van der Waals surface area contributed by atoms with Gasteiger partial charge >= 0.3 is 6.03 Å². The number of nitrogens with zero attached hydrogens (tertiary/aromatic N) is 1. The summed E-state index contributed by atoms with van der Waals surface area (Å²) in [5.74, 6) is 0. The normalized spacial score (nSPS) is 12.5. The second-order valence-electron chi connectivity index (χ2n) is 6.57. The first-order valence-electron chi connectivity index (χ1n) is 8.28. The van der Waals surface area contributed by atoms with Crippen molar-refractivity contribution >= 4 is 16.1 Å². The molecule has 26 heavy (non-hydrogen) atoms. The molecule has 3 N–H and O–H groups in total. The van der Waals surface area contributed by atoms with Crippen molar-refractivity contribution in [2.75, 3.05) is 7.05 Å². The Labute approximate surface area is 155 Å². The van der Waals surface area contributed by atoms with Gasteiger partial charge in [-0.2, -0.15) is 0 Å². The van der Waals surface area contributed by atoms with Crippen LogP contribution in [0.5, 0.6) is 0 Å². The first kappa shape index (κ1) is 19.9. The zero-order chi connectivity index (χ0) is 19.5. The number of hydrogen-bond donors (Lipinski definition) is 2. The minimum absolute atomic E-state index is 0.0479. The molecule has 6 nitrogen and oxygen atoms in total. The lowest BCUT2D eigenvalue weighted by molar-refractivity contribution is 0.203. The zero-order valence-corrected chi connectivity index (χ0v) is 16.3. The fraction of sp³-hybridized carbons (Fsp3) is 0.316. The third-order valence-corrected chi connectivity index (χ3v) is 5.23. The second kappa shape index (κ2) is 7.88. The number of carbonyl (C=O) groups is 1. The number of rotatable bonds is 5. The van der Waals surface area contributed by atoms with Crippen molar-refractivity contribution in [3.8, 4) is 0 Å². The van der Waals surface area contributed by atoms with E-state index in [1.165, 1.54) is 17.7 Å². The predicted molar refractivity (Wildman–Crippen MR) is 102 cm³/mol. The van der Waals surface area contributed by atoms with Gasteiger partial charge in [-0.3, -0.25) is 0 Å². The molecular formula is C19H25N3O3S. The van der Waals surface area contributed by atoms with E-state index < -0.39 is 10.0 Å². The fourth-order valence-electron chi connectivity index (χ4n) is 2.68. The molecule has 0 spiro atoms. The summed E-state index contributed by atoms with van der Waals surface area (Å²) in [4.78, 5) is 14.1. The molecular weight excluding hydrogens is 350 g/mol. The van der Waals surface area contributed by atoms with E-state index >= 15 is 0 Å². The standard InChI is InChI=1S/C19H25N3O3S/c1-13-5-6-17(14(2)11-13)12-22(4)19(23)21-15(3)16-7-9-18(10-8-16)26(20,24)25/h5-11,15H,12H2,1-4H3,(H,21,23)(H2,20,24,25). The molecule has 0 saturated carbocycles. The summed E-state index contributed by atoms with van der Waals surface area (Å²) in [5, 5.41) is 8.01. The number of urea groups is 1. The lowest BCUT2D eigenvalue weighted by atomic mass is 10.1. The number of hydrogen-bond acceptors (Lipinski definition) is 3. The highest BCUT2D eigenvalue weighted by molar-refractivity contribution is 7.89. The largest absolute Gasteiger partial charge is 0.331 e. The first-order valence-corrected chi connectivity index (χ1v) is 9.83. The van der Waals surface area contributed by atoms with E-state index in [1.54, 1.807) is 24.1 Å². The van der Waals surface area contributed by atoms with Crippen molar-refractivity contribution in [2.45, 2.75) is 38.3 Å². The van der Waals surface area contributed by atoms with Crippen LogP contribution in [0.1, 0.15) is 35.2 Å².